The molecule has 1 heterocycles. The van der Waals surface area contributed by atoms with Crippen LogP contribution in [0, 0.1) is 5.92 Å². The molecule has 2 N–H and O–H groups in total. The standard InChI is InChI=1S/C27H31BrN2O5S/c1-3-34-22-14-18(13-20(28)25(22)35-16-24(31)32)15-23-26(33)30(21-12-8-7-9-17(21)2)27(36-23)29-19-10-5-4-6-11-19/h4-6,10-11,13-15,17,21,27,29H,3,7-9,12,16H2,1-2H3,(H,31,32)/b23-15-/t17-,21-,27?/m1/s1. The number of carbonyl (C=O) groups excluding carboxylic acids is 1. The molecule has 7 nitrogen and oxygen atoms in total. The Bertz CT molecular complexity index is 1130. The van der Waals surface area contributed by atoms with Crippen molar-refractivity contribution in [3.8, 4) is 11.5 Å². The van der Waals surface area contributed by atoms with Gasteiger partial charge in [0.15, 0.2) is 23.6 Å². The molecular formula is C27H31BrN2O5S. The van der Waals surface area contributed by atoms with Crippen LogP contribution in [0.15, 0.2) is 51.8 Å². The Morgan fingerprint density at radius 3 is 2.67 bits per heavy atom. The molecule has 1 aliphatic heterocycles. The van der Waals surface area contributed by atoms with E-state index in [-0.39, 0.29) is 17.4 Å². The molecule has 1 unspecified atom stereocenters. The van der Waals surface area contributed by atoms with Gasteiger partial charge in [0.1, 0.15) is 0 Å². The number of aliphatic carboxylic acids is 1. The number of thioether (sulfide) groups is 1. The van der Waals surface area contributed by atoms with Crippen LogP contribution in [0.4, 0.5) is 5.69 Å². The minimum Gasteiger partial charge on any atom is -0.490 e. The Kier molecular flexibility index (Phi) is 8.85. The normalized spacial score (nSPS) is 23.1. The zero-order chi connectivity index (χ0) is 25.7. The van der Waals surface area contributed by atoms with Crippen LogP contribution < -0.4 is 14.8 Å². The van der Waals surface area contributed by atoms with Gasteiger partial charge in [0, 0.05) is 11.7 Å². The van der Waals surface area contributed by atoms with E-state index in [4.69, 9.17) is 14.6 Å². The van der Waals surface area contributed by atoms with E-state index in [9.17, 15) is 9.59 Å². The monoisotopic (exact) mass is 574 g/mol. The maximum absolute atomic E-state index is 13.8. The summed E-state index contributed by atoms with van der Waals surface area (Å²) in [4.78, 5) is 27.4. The summed E-state index contributed by atoms with van der Waals surface area (Å²) >= 11 is 5.00. The Balaban J connectivity index is 1.66. The third-order valence-electron chi connectivity index (χ3n) is 6.39. The quantitative estimate of drug-likeness (QED) is 0.344. The van der Waals surface area contributed by atoms with Crippen molar-refractivity contribution in [2.45, 2.75) is 51.1 Å². The first-order valence-electron chi connectivity index (χ1n) is 12.2. The minimum atomic E-state index is -1.07. The van der Waals surface area contributed by atoms with Gasteiger partial charge in [-0.15, -0.1) is 0 Å². The van der Waals surface area contributed by atoms with Gasteiger partial charge in [-0.3, -0.25) is 4.79 Å². The summed E-state index contributed by atoms with van der Waals surface area (Å²) in [5.74, 6) is 0.136. The number of nitrogens with one attached hydrogen (secondary N) is 1. The van der Waals surface area contributed by atoms with Crippen molar-refractivity contribution in [3.05, 3.63) is 57.4 Å². The fraction of sp³-hybridized carbons (Fsp3) is 0.407. The Labute approximate surface area is 224 Å². The van der Waals surface area contributed by atoms with Gasteiger partial charge >= 0.3 is 5.97 Å². The fourth-order valence-corrected chi connectivity index (χ4v) is 6.51. The molecule has 36 heavy (non-hydrogen) atoms. The van der Waals surface area contributed by atoms with Crippen molar-refractivity contribution in [1.82, 2.24) is 4.90 Å². The molecule has 9 heteroatoms. The predicted octanol–water partition coefficient (Wildman–Crippen LogP) is 6.20. The molecule has 0 bridgehead atoms. The molecular weight excluding hydrogens is 544 g/mol. The van der Waals surface area contributed by atoms with Crippen LogP contribution in [0.3, 0.4) is 0 Å². The van der Waals surface area contributed by atoms with Crippen LogP contribution in [0.2, 0.25) is 0 Å². The van der Waals surface area contributed by atoms with E-state index < -0.39 is 12.6 Å². The lowest BCUT2D eigenvalue weighted by atomic mass is 9.85. The van der Waals surface area contributed by atoms with Crippen molar-refractivity contribution in [3.63, 3.8) is 0 Å². The van der Waals surface area contributed by atoms with Crippen molar-refractivity contribution in [2.75, 3.05) is 18.5 Å². The smallest absolute Gasteiger partial charge is 0.341 e. The summed E-state index contributed by atoms with van der Waals surface area (Å²) in [6.45, 7) is 4.00. The number of anilines is 1. The number of carbonyl (C=O) groups is 2. The first kappa shape index (κ1) is 26.4. The lowest BCUT2D eigenvalue weighted by Gasteiger charge is -2.39. The molecule has 0 spiro atoms. The number of benzene rings is 2. The fourth-order valence-electron chi connectivity index (χ4n) is 4.73. The number of ether oxygens (including phenoxy) is 2. The summed E-state index contributed by atoms with van der Waals surface area (Å²) in [6.07, 6.45) is 6.33. The third-order valence-corrected chi connectivity index (χ3v) is 8.10. The number of halogens is 1. The van der Waals surface area contributed by atoms with Gasteiger partial charge in [0.2, 0.25) is 0 Å². The van der Waals surface area contributed by atoms with Gasteiger partial charge in [-0.05, 0) is 77.5 Å². The van der Waals surface area contributed by atoms with Crippen LogP contribution >= 0.6 is 27.7 Å². The van der Waals surface area contributed by atoms with E-state index in [0.717, 1.165) is 30.5 Å². The van der Waals surface area contributed by atoms with E-state index in [1.165, 1.54) is 18.2 Å². The number of hydrogen-bond donors (Lipinski definition) is 2. The topological polar surface area (TPSA) is 88.1 Å². The molecule has 1 saturated carbocycles. The second kappa shape index (κ2) is 12.1. The molecule has 2 aromatic rings. The van der Waals surface area contributed by atoms with Gasteiger partial charge in [-0.25, -0.2) is 4.79 Å². The van der Waals surface area contributed by atoms with E-state index in [2.05, 4.69) is 28.2 Å². The van der Waals surface area contributed by atoms with Crippen molar-refractivity contribution >= 4 is 51.3 Å². The summed E-state index contributed by atoms with van der Waals surface area (Å²) < 4.78 is 11.7. The number of hydrogen-bond acceptors (Lipinski definition) is 6. The molecule has 0 radical (unpaired) electrons. The largest absolute Gasteiger partial charge is 0.490 e. The summed E-state index contributed by atoms with van der Waals surface area (Å²) in [7, 11) is 0. The number of amides is 1. The number of nitrogens with zero attached hydrogens (tertiary/aromatic N) is 1. The number of rotatable bonds is 9. The van der Waals surface area contributed by atoms with Crippen molar-refractivity contribution < 1.29 is 24.2 Å². The molecule has 2 fully saturated rings. The zero-order valence-electron chi connectivity index (χ0n) is 20.4. The molecule has 2 aromatic carbocycles. The molecule has 1 amide bonds. The van der Waals surface area contributed by atoms with Gasteiger partial charge in [0.25, 0.3) is 5.91 Å². The van der Waals surface area contributed by atoms with Crippen LogP contribution in [0.1, 0.15) is 45.1 Å². The highest BCUT2D eigenvalue weighted by molar-refractivity contribution is 9.10. The van der Waals surface area contributed by atoms with Crippen molar-refractivity contribution in [2.24, 2.45) is 5.92 Å². The number of carboxylic acid groups (broad SMARTS) is 1. The van der Waals surface area contributed by atoms with Crippen LogP contribution in [0.5, 0.6) is 11.5 Å². The van der Waals surface area contributed by atoms with E-state index >= 15 is 0 Å². The summed E-state index contributed by atoms with van der Waals surface area (Å²) in [6, 6.07) is 13.7. The van der Waals surface area contributed by atoms with Crippen molar-refractivity contribution in [1.29, 1.82) is 0 Å². The molecule has 3 atom stereocenters. The minimum absolute atomic E-state index is 0.0208. The third kappa shape index (κ3) is 6.18. The van der Waals surface area contributed by atoms with Gasteiger partial charge in [-0.2, -0.15) is 0 Å². The molecule has 1 saturated heterocycles. The summed E-state index contributed by atoms with van der Waals surface area (Å²) in [5.41, 5.74) is 1.53. The molecule has 1 aliphatic carbocycles. The van der Waals surface area contributed by atoms with E-state index in [1.54, 1.807) is 6.07 Å². The highest BCUT2D eigenvalue weighted by Gasteiger charge is 2.42. The van der Waals surface area contributed by atoms with Crippen LogP contribution in [-0.2, 0) is 9.59 Å². The molecule has 0 aromatic heterocycles. The van der Waals surface area contributed by atoms with Gasteiger partial charge in [-0.1, -0.05) is 49.7 Å². The molecule has 192 valence electrons. The maximum Gasteiger partial charge on any atom is 0.341 e. The molecule has 2 aliphatic rings. The zero-order valence-corrected chi connectivity index (χ0v) is 22.8. The first-order valence-corrected chi connectivity index (χ1v) is 13.9. The average molecular weight is 576 g/mol. The second-order valence-corrected chi connectivity index (χ2v) is 11.0. The maximum atomic E-state index is 13.8. The Morgan fingerprint density at radius 2 is 1.97 bits per heavy atom. The summed E-state index contributed by atoms with van der Waals surface area (Å²) in [5, 5.41) is 12.6. The SMILES string of the molecule is CCOc1cc(/C=C2\SC(Nc3ccccc3)N([C@@H]3CCCC[C@H]3C)C2=O)cc(Br)c1OCC(=O)O. The highest BCUT2D eigenvalue weighted by Crippen LogP contribution is 2.43. The molecule has 4 rings (SSSR count). The Hall–Kier alpha value is -2.65. The lowest BCUT2D eigenvalue weighted by Crippen LogP contribution is -2.48. The predicted molar refractivity (Wildman–Crippen MR) is 146 cm³/mol. The Morgan fingerprint density at radius 1 is 1.22 bits per heavy atom. The van der Waals surface area contributed by atoms with E-state index in [0.29, 0.717) is 33.4 Å². The lowest BCUT2D eigenvalue weighted by molar-refractivity contribution is -0.139. The second-order valence-electron chi connectivity index (χ2n) is 8.98. The average Bonchev–Trinajstić information content (AvgIpc) is 3.13. The van der Waals surface area contributed by atoms with Gasteiger partial charge < -0.3 is 24.8 Å². The van der Waals surface area contributed by atoms with Crippen LogP contribution in [-0.4, -0.2) is 46.6 Å². The first-order chi connectivity index (χ1) is 17.4. The van der Waals surface area contributed by atoms with Gasteiger partial charge in [0.05, 0.1) is 16.0 Å². The highest BCUT2D eigenvalue weighted by atomic mass is 79.9. The van der Waals surface area contributed by atoms with Crippen LogP contribution in [0.25, 0.3) is 6.08 Å². The number of carboxylic acids is 1. The van der Waals surface area contributed by atoms with E-state index in [1.807, 2.05) is 54.3 Å². The number of para-hydroxylation sites is 1.